The summed E-state index contributed by atoms with van der Waals surface area (Å²) in [5, 5.41) is 0. The first kappa shape index (κ1) is 29.2. The van der Waals surface area contributed by atoms with Crippen LogP contribution in [0.25, 0.3) is 0 Å². The third-order valence-electron chi connectivity index (χ3n) is 6.79. The van der Waals surface area contributed by atoms with Crippen LogP contribution in [0, 0.1) is 35.5 Å². The molecule has 2 saturated carbocycles. The van der Waals surface area contributed by atoms with E-state index >= 15 is 0 Å². The van der Waals surface area contributed by atoms with Gasteiger partial charge >= 0.3 is 0 Å². The van der Waals surface area contributed by atoms with Crippen molar-refractivity contribution in [2.75, 3.05) is 0 Å². The highest BCUT2D eigenvalue weighted by Crippen LogP contribution is 2.42. The minimum absolute atomic E-state index is 0.915. The van der Waals surface area contributed by atoms with E-state index in [1.54, 1.807) is 0 Å². The fraction of sp³-hybridized carbons (Fsp3) is 1.00. The van der Waals surface area contributed by atoms with Gasteiger partial charge in [0.05, 0.1) is 0 Å². The Balaban J connectivity index is 0. The number of hydrogen-bond donors (Lipinski definition) is 0. The number of hydrogen-bond acceptors (Lipinski definition) is 0. The van der Waals surface area contributed by atoms with Crippen molar-refractivity contribution in [3.8, 4) is 0 Å². The van der Waals surface area contributed by atoms with Crippen molar-refractivity contribution in [1.29, 1.82) is 0 Å². The second-order valence-corrected chi connectivity index (χ2v) is 9.55. The van der Waals surface area contributed by atoms with Crippen LogP contribution in [-0.2, 0) is 0 Å². The molecule has 0 heteroatoms. The molecule has 27 heavy (non-hydrogen) atoms. The molecular formula is C27H58. The maximum absolute atomic E-state index is 2.46. The van der Waals surface area contributed by atoms with Crippen LogP contribution < -0.4 is 0 Å². The van der Waals surface area contributed by atoms with Crippen molar-refractivity contribution in [2.24, 2.45) is 35.5 Å². The maximum Gasteiger partial charge on any atom is -0.0381 e. The van der Waals surface area contributed by atoms with Crippen molar-refractivity contribution in [3.63, 3.8) is 0 Å². The first-order valence-corrected chi connectivity index (χ1v) is 12.9. The van der Waals surface area contributed by atoms with Gasteiger partial charge in [-0.3, -0.25) is 0 Å². The van der Waals surface area contributed by atoms with E-state index < -0.39 is 0 Å². The Morgan fingerprint density at radius 1 is 0.704 bits per heavy atom. The van der Waals surface area contributed by atoms with Gasteiger partial charge in [-0.25, -0.2) is 0 Å². The van der Waals surface area contributed by atoms with Gasteiger partial charge in [0.15, 0.2) is 0 Å². The lowest BCUT2D eigenvalue weighted by Crippen LogP contribution is -2.15. The first-order chi connectivity index (χ1) is 12.9. The van der Waals surface area contributed by atoms with E-state index in [2.05, 4.69) is 55.4 Å². The molecule has 0 amide bonds. The predicted molar refractivity (Wildman–Crippen MR) is 128 cm³/mol. The molecule has 0 aromatic carbocycles. The van der Waals surface area contributed by atoms with Crippen LogP contribution in [0.3, 0.4) is 0 Å². The van der Waals surface area contributed by atoms with Crippen LogP contribution in [0.2, 0.25) is 0 Å². The van der Waals surface area contributed by atoms with E-state index in [0.717, 1.165) is 35.5 Å². The number of rotatable bonds is 5. The molecule has 0 N–H and O–H groups in total. The molecule has 0 aromatic heterocycles. The summed E-state index contributed by atoms with van der Waals surface area (Å²) in [6, 6.07) is 0. The zero-order chi connectivity index (χ0) is 21.2. The summed E-state index contributed by atoms with van der Waals surface area (Å²) < 4.78 is 0. The summed E-state index contributed by atoms with van der Waals surface area (Å²) in [6.07, 6.45) is 15.9. The van der Waals surface area contributed by atoms with Gasteiger partial charge in [0, 0.05) is 0 Å². The lowest BCUT2D eigenvalue weighted by atomic mass is 9.80. The highest BCUT2D eigenvalue weighted by molar-refractivity contribution is 4.82. The third-order valence-corrected chi connectivity index (χ3v) is 6.79. The molecule has 0 spiro atoms. The molecule has 166 valence electrons. The Bertz CT molecular complexity index is 276. The van der Waals surface area contributed by atoms with Gasteiger partial charge in [-0.1, -0.05) is 121 Å². The second kappa shape index (κ2) is 19.3. The van der Waals surface area contributed by atoms with Gasteiger partial charge in [-0.05, 0) is 54.8 Å². The fourth-order valence-electron chi connectivity index (χ4n) is 4.72. The summed E-state index contributed by atoms with van der Waals surface area (Å²) in [5.41, 5.74) is 0. The van der Waals surface area contributed by atoms with E-state index in [-0.39, 0.29) is 0 Å². The molecule has 5 unspecified atom stereocenters. The normalized spacial score (nSPS) is 27.1. The molecule has 2 rings (SSSR count). The average Bonchev–Trinajstić information content (AvgIpc) is 3.03. The second-order valence-electron chi connectivity index (χ2n) is 9.55. The molecule has 0 nitrogen and oxygen atoms in total. The van der Waals surface area contributed by atoms with Crippen molar-refractivity contribution >= 4 is 0 Å². The molecule has 0 heterocycles. The predicted octanol–water partition coefficient (Wildman–Crippen LogP) is 10.2. The summed E-state index contributed by atoms with van der Waals surface area (Å²) >= 11 is 0. The van der Waals surface area contributed by atoms with Crippen LogP contribution >= 0.6 is 0 Å². The minimum Gasteiger partial charge on any atom is -0.0683 e. The van der Waals surface area contributed by atoms with E-state index in [1.807, 2.05) is 13.8 Å². The first-order valence-electron chi connectivity index (χ1n) is 12.9. The fourth-order valence-corrected chi connectivity index (χ4v) is 4.72. The zero-order valence-electron chi connectivity index (χ0n) is 21.2. The van der Waals surface area contributed by atoms with Gasteiger partial charge in [0.2, 0.25) is 0 Å². The van der Waals surface area contributed by atoms with E-state index in [0.29, 0.717) is 0 Å². The van der Waals surface area contributed by atoms with Crippen LogP contribution in [0.15, 0.2) is 0 Å². The molecule has 2 fully saturated rings. The molecule has 0 aromatic rings. The Morgan fingerprint density at radius 2 is 1.19 bits per heavy atom. The van der Waals surface area contributed by atoms with Gasteiger partial charge in [0.25, 0.3) is 0 Å². The van der Waals surface area contributed by atoms with Gasteiger partial charge in [-0.15, -0.1) is 0 Å². The Morgan fingerprint density at radius 3 is 1.56 bits per heavy atom. The molecule has 2 aliphatic rings. The molecule has 0 bridgehead atoms. The summed E-state index contributed by atoms with van der Waals surface area (Å²) in [5.74, 6) is 5.94. The maximum atomic E-state index is 2.46. The van der Waals surface area contributed by atoms with Gasteiger partial charge in [-0.2, -0.15) is 0 Å². The van der Waals surface area contributed by atoms with E-state index in [4.69, 9.17) is 0 Å². The van der Waals surface area contributed by atoms with Crippen LogP contribution in [0.1, 0.15) is 140 Å². The van der Waals surface area contributed by atoms with Crippen LogP contribution in [-0.4, -0.2) is 0 Å². The Labute approximate surface area is 175 Å². The highest BCUT2D eigenvalue weighted by Gasteiger charge is 2.32. The largest absolute Gasteiger partial charge is 0.0683 e. The van der Waals surface area contributed by atoms with Gasteiger partial charge < -0.3 is 0 Å². The van der Waals surface area contributed by atoms with Crippen LogP contribution in [0.5, 0.6) is 0 Å². The molecule has 2 aliphatic carbocycles. The van der Waals surface area contributed by atoms with Crippen molar-refractivity contribution in [1.82, 2.24) is 0 Å². The third kappa shape index (κ3) is 14.6. The minimum atomic E-state index is 0.915. The smallest absolute Gasteiger partial charge is 0.0381 e. The lowest BCUT2D eigenvalue weighted by Gasteiger charge is -2.25. The lowest BCUT2D eigenvalue weighted by molar-refractivity contribution is 0.253. The summed E-state index contributed by atoms with van der Waals surface area (Å²) in [7, 11) is 0. The molecule has 0 saturated heterocycles. The van der Waals surface area contributed by atoms with Crippen molar-refractivity contribution in [2.45, 2.75) is 140 Å². The molecule has 0 aliphatic heterocycles. The van der Waals surface area contributed by atoms with Gasteiger partial charge in [0.1, 0.15) is 0 Å². The average molecular weight is 383 g/mol. The monoisotopic (exact) mass is 382 g/mol. The SMILES string of the molecule is CC.CC1CCCCC1.CCC.CCC(C)C(C)CC1CC(C)CC1CC. The van der Waals surface area contributed by atoms with E-state index in [9.17, 15) is 0 Å². The van der Waals surface area contributed by atoms with Crippen molar-refractivity contribution in [3.05, 3.63) is 0 Å². The Hall–Kier alpha value is 0. The summed E-state index contributed by atoms with van der Waals surface area (Å²) in [6.45, 7) is 22.6. The molecule has 5 atom stereocenters. The molecular weight excluding hydrogens is 324 g/mol. The van der Waals surface area contributed by atoms with Crippen molar-refractivity contribution < 1.29 is 0 Å². The quantitative estimate of drug-likeness (QED) is 0.443. The van der Waals surface area contributed by atoms with Crippen LogP contribution in [0.4, 0.5) is 0 Å². The topological polar surface area (TPSA) is 0 Å². The molecule has 0 radical (unpaired) electrons. The summed E-state index contributed by atoms with van der Waals surface area (Å²) in [4.78, 5) is 0. The Kier molecular flexibility index (Phi) is 20.9. The standard InChI is InChI=1S/C15H30.C7H14.C3H8.C2H6/c1-6-12(4)13(5)10-15-9-11(3)8-14(15)7-2;1-7-5-3-2-4-6-7;1-3-2;1-2/h11-15H,6-10H2,1-5H3;7H,2-6H2,1H3;3H2,1-2H3;1-2H3. The van der Waals surface area contributed by atoms with E-state index in [1.165, 1.54) is 70.6 Å². The zero-order valence-corrected chi connectivity index (χ0v) is 21.2. The highest BCUT2D eigenvalue weighted by atomic mass is 14.4.